The van der Waals surface area contributed by atoms with Crippen molar-refractivity contribution in [3.63, 3.8) is 0 Å². The van der Waals surface area contributed by atoms with E-state index in [1.54, 1.807) is 0 Å². The predicted octanol–water partition coefficient (Wildman–Crippen LogP) is 1.23. The van der Waals surface area contributed by atoms with Crippen molar-refractivity contribution >= 4 is 11.8 Å². The lowest BCUT2D eigenvalue weighted by Gasteiger charge is -2.33. The van der Waals surface area contributed by atoms with Crippen LogP contribution in [0.1, 0.15) is 25.0 Å². The summed E-state index contributed by atoms with van der Waals surface area (Å²) in [7, 11) is 0. The second-order valence-electron chi connectivity index (χ2n) is 4.08. The van der Waals surface area contributed by atoms with E-state index in [-0.39, 0.29) is 0 Å². The molecule has 0 radical (unpaired) electrons. The highest BCUT2D eigenvalue weighted by Crippen LogP contribution is 2.22. The van der Waals surface area contributed by atoms with Crippen LogP contribution in [0.15, 0.2) is 12.1 Å². The van der Waals surface area contributed by atoms with Crippen molar-refractivity contribution in [1.29, 1.82) is 0 Å². The summed E-state index contributed by atoms with van der Waals surface area (Å²) in [5.41, 5.74) is 0.840. The van der Waals surface area contributed by atoms with Crippen LogP contribution in [0.4, 0.5) is 5.82 Å². The maximum absolute atomic E-state index is 11.1. The highest BCUT2D eigenvalue weighted by molar-refractivity contribution is 5.77. The molecule has 0 spiro atoms. The molecule has 0 unspecified atom stereocenters. The number of carboxylic acids is 1. The molecule has 1 aliphatic rings. The van der Waals surface area contributed by atoms with E-state index in [2.05, 4.69) is 10.2 Å². The van der Waals surface area contributed by atoms with Crippen molar-refractivity contribution in [3.8, 4) is 0 Å². The molecule has 1 aromatic heterocycles. The van der Waals surface area contributed by atoms with Gasteiger partial charge in [0.25, 0.3) is 0 Å². The number of carbonyl (C=O) groups is 1. The molecule has 2 heterocycles. The Labute approximate surface area is 94.1 Å². The van der Waals surface area contributed by atoms with Crippen molar-refractivity contribution < 1.29 is 9.90 Å². The summed E-state index contributed by atoms with van der Waals surface area (Å²) in [6.45, 7) is 2.61. The molecule has 0 saturated carbocycles. The number of aryl methyl sites for hydroxylation is 1. The molecule has 1 N–H and O–H groups in total. The van der Waals surface area contributed by atoms with E-state index in [4.69, 9.17) is 5.11 Å². The van der Waals surface area contributed by atoms with E-state index in [0.717, 1.165) is 25.1 Å². The largest absolute Gasteiger partial charge is 0.480 e. The van der Waals surface area contributed by atoms with E-state index >= 15 is 0 Å². The molecule has 1 atom stereocenters. The van der Waals surface area contributed by atoms with Gasteiger partial charge in [-0.15, -0.1) is 5.10 Å². The molecule has 1 aliphatic heterocycles. The number of piperidine rings is 1. The minimum Gasteiger partial charge on any atom is -0.480 e. The molecule has 86 valence electrons. The minimum atomic E-state index is -0.776. The zero-order valence-electron chi connectivity index (χ0n) is 9.26. The number of anilines is 1. The highest BCUT2D eigenvalue weighted by Gasteiger charge is 2.29. The van der Waals surface area contributed by atoms with Gasteiger partial charge in [-0.1, -0.05) is 0 Å². The zero-order chi connectivity index (χ0) is 11.5. The summed E-state index contributed by atoms with van der Waals surface area (Å²) in [6, 6.07) is 3.24. The summed E-state index contributed by atoms with van der Waals surface area (Å²) < 4.78 is 0. The Morgan fingerprint density at radius 3 is 2.88 bits per heavy atom. The fraction of sp³-hybridized carbons (Fsp3) is 0.545. The zero-order valence-corrected chi connectivity index (χ0v) is 9.26. The van der Waals surface area contributed by atoms with Crippen LogP contribution in [-0.4, -0.2) is 33.9 Å². The third-order valence-electron chi connectivity index (χ3n) is 2.87. The van der Waals surface area contributed by atoms with Gasteiger partial charge in [-0.05, 0) is 38.3 Å². The molecule has 0 bridgehead atoms. The quantitative estimate of drug-likeness (QED) is 0.813. The lowest BCUT2D eigenvalue weighted by Crippen LogP contribution is -2.45. The first-order valence-electron chi connectivity index (χ1n) is 5.48. The monoisotopic (exact) mass is 221 g/mol. The Bertz CT molecular complexity index is 377. The fourth-order valence-electron chi connectivity index (χ4n) is 2.01. The number of hydrogen-bond acceptors (Lipinski definition) is 4. The van der Waals surface area contributed by atoms with E-state index in [0.29, 0.717) is 12.2 Å². The fourth-order valence-corrected chi connectivity index (χ4v) is 2.01. The van der Waals surface area contributed by atoms with Gasteiger partial charge in [0.2, 0.25) is 0 Å². The normalized spacial score (nSPS) is 20.8. The van der Waals surface area contributed by atoms with Crippen LogP contribution in [0.5, 0.6) is 0 Å². The molecule has 1 saturated heterocycles. The lowest BCUT2D eigenvalue weighted by atomic mass is 10.0. The van der Waals surface area contributed by atoms with Gasteiger partial charge in [0.15, 0.2) is 5.82 Å². The SMILES string of the molecule is Cc1ccc(N2CCCC[C@H]2C(=O)O)nn1. The van der Waals surface area contributed by atoms with Gasteiger partial charge in [0.1, 0.15) is 6.04 Å². The average molecular weight is 221 g/mol. The molecule has 0 aromatic carbocycles. The summed E-state index contributed by atoms with van der Waals surface area (Å²) in [5.74, 6) is -0.111. The van der Waals surface area contributed by atoms with Crippen LogP contribution in [0, 0.1) is 6.92 Å². The lowest BCUT2D eigenvalue weighted by molar-refractivity contribution is -0.139. The number of aromatic nitrogens is 2. The van der Waals surface area contributed by atoms with Crippen molar-refractivity contribution in [3.05, 3.63) is 17.8 Å². The van der Waals surface area contributed by atoms with Gasteiger partial charge in [0.05, 0.1) is 5.69 Å². The third-order valence-corrected chi connectivity index (χ3v) is 2.87. The van der Waals surface area contributed by atoms with Crippen molar-refractivity contribution in [2.75, 3.05) is 11.4 Å². The van der Waals surface area contributed by atoms with Crippen LogP contribution < -0.4 is 4.90 Å². The predicted molar refractivity (Wildman–Crippen MR) is 59.4 cm³/mol. The van der Waals surface area contributed by atoms with E-state index in [1.165, 1.54) is 0 Å². The molecule has 1 fully saturated rings. The maximum Gasteiger partial charge on any atom is 0.326 e. The minimum absolute atomic E-state index is 0.453. The second kappa shape index (κ2) is 4.47. The second-order valence-corrected chi connectivity index (χ2v) is 4.08. The van der Waals surface area contributed by atoms with Crippen molar-refractivity contribution in [1.82, 2.24) is 10.2 Å². The molecule has 0 aliphatic carbocycles. The van der Waals surface area contributed by atoms with Crippen LogP contribution in [0.2, 0.25) is 0 Å². The first kappa shape index (κ1) is 10.9. The topological polar surface area (TPSA) is 66.3 Å². The van der Waals surface area contributed by atoms with Crippen LogP contribution >= 0.6 is 0 Å². The molecule has 5 nitrogen and oxygen atoms in total. The molecule has 16 heavy (non-hydrogen) atoms. The van der Waals surface area contributed by atoms with Crippen LogP contribution in [-0.2, 0) is 4.79 Å². The first-order chi connectivity index (χ1) is 7.68. The van der Waals surface area contributed by atoms with E-state index in [9.17, 15) is 4.79 Å². The number of nitrogens with zero attached hydrogens (tertiary/aromatic N) is 3. The first-order valence-corrected chi connectivity index (χ1v) is 5.48. The van der Waals surface area contributed by atoms with Crippen molar-refractivity contribution in [2.24, 2.45) is 0 Å². The summed E-state index contributed by atoms with van der Waals surface area (Å²) >= 11 is 0. The molecule has 5 heteroatoms. The summed E-state index contributed by atoms with van der Waals surface area (Å²) in [4.78, 5) is 12.9. The maximum atomic E-state index is 11.1. The number of hydrogen-bond donors (Lipinski definition) is 1. The molecule has 0 amide bonds. The van der Waals surface area contributed by atoms with E-state index in [1.807, 2.05) is 24.0 Å². The Balaban J connectivity index is 2.23. The van der Waals surface area contributed by atoms with Gasteiger partial charge >= 0.3 is 5.97 Å². The molecular weight excluding hydrogens is 206 g/mol. The van der Waals surface area contributed by atoms with Gasteiger partial charge in [-0.3, -0.25) is 0 Å². The molecule has 1 aromatic rings. The third kappa shape index (κ3) is 2.13. The number of carboxylic acid groups (broad SMARTS) is 1. The Morgan fingerprint density at radius 2 is 2.25 bits per heavy atom. The average Bonchev–Trinajstić information content (AvgIpc) is 2.30. The Hall–Kier alpha value is -1.65. The van der Waals surface area contributed by atoms with Crippen LogP contribution in [0.25, 0.3) is 0 Å². The Kier molecular flexibility index (Phi) is 3.03. The number of aliphatic carboxylic acids is 1. The summed E-state index contributed by atoms with van der Waals surface area (Å²) in [5, 5.41) is 17.1. The van der Waals surface area contributed by atoms with Gasteiger partial charge in [0, 0.05) is 6.54 Å². The number of rotatable bonds is 2. The van der Waals surface area contributed by atoms with Crippen molar-refractivity contribution in [2.45, 2.75) is 32.2 Å². The van der Waals surface area contributed by atoms with Crippen LogP contribution in [0.3, 0.4) is 0 Å². The van der Waals surface area contributed by atoms with E-state index < -0.39 is 12.0 Å². The van der Waals surface area contributed by atoms with Gasteiger partial charge in [-0.25, -0.2) is 4.79 Å². The standard InChI is InChI=1S/C11H15N3O2/c1-8-5-6-10(13-12-8)14-7-3-2-4-9(14)11(15)16/h5-6,9H,2-4,7H2,1H3,(H,15,16)/t9-/m0/s1. The Morgan fingerprint density at radius 1 is 1.44 bits per heavy atom. The highest BCUT2D eigenvalue weighted by atomic mass is 16.4. The van der Waals surface area contributed by atoms with Gasteiger partial charge < -0.3 is 10.0 Å². The molecule has 2 rings (SSSR count). The van der Waals surface area contributed by atoms with Gasteiger partial charge in [-0.2, -0.15) is 5.10 Å². The molecular formula is C11H15N3O2. The smallest absolute Gasteiger partial charge is 0.326 e. The summed E-state index contributed by atoms with van der Waals surface area (Å²) in [6.07, 6.45) is 2.66.